The van der Waals surface area contributed by atoms with Gasteiger partial charge in [-0.05, 0) is 77.6 Å². The third kappa shape index (κ3) is 6.17. The van der Waals surface area contributed by atoms with Crippen molar-refractivity contribution in [3.63, 3.8) is 0 Å². The second-order valence-electron chi connectivity index (χ2n) is 9.60. The van der Waals surface area contributed by atoms with Crippen molar-refractivity contribution in [3.8, 4) is 11.3 Å². The van der Waals surface area contributed by atoms with E-state index in [2.05, 4.69) is 53.0 Å². The van der Waals surface area contributed by atoms with Crippen LogP contribution < -0.4 is 5.73 Å². The van der Waals surface area contributed by atoms with Crippen molar-refractivity contribution in [1.82, 2.24) is 19.4 Å². The van der Waals surface area contributed by atoms with Gasteiger partial charge in [-0.3, -0.25) is 9.69 Å². The number of likely N-dealkylation sites (tertiary alicyclic amines) is 1. The molecule has 0 unspecified atom stereocenters. The molecular formula is C27H39FN6O. The number of carbonyl (C=O) groups is 1. The van der Waals surface area contributed by atoms with E-state index in [9.17, 15) is 9.18 Å². The first-order chi connectivity index (χ1) is 16.7. The Kier molecular flexibility index (Phi) is 8.83. The second kappa shape index (κ2) is 11.6. The van der Waals surface area contributed by atoms with Crippen LogP contribution in [0, 0.1) is 12.7 Å². The largest absolute Gasteiger partial charge is 0.366 e. The highest BCUT2D eigenvalue weighted by Gasteiger charge is 2.27. The van der Waals surface area contributed by atoms with E-state index in [0.717, 1.165) is 62.6 Å². The molecule has 190 valence electrons. The van der Waals surface area contributed by atoms with Crippen LogP contribution in [0.2, 0.25) is 0 Å². The zero-order valence-corrected chi connectivity index (χ0v) is 21.7. The van der Waals surface area contributed by atoms with E-state index < -0.39 is 5.91 Å². The van der Waals surface area contributed by atoms with E-state index in [0.29, 0.717) is 23.0 Å². The fourth-order valence-electron chi connectivity index (χ4n) is 4.81. The molecule has 2 aromatic rings. The lowest BCUT2D eigenvalue weighted by molar-refractivity contribution is -0.114. The minimum atomic E-state index is -0.477. The summed E-state index contributed by atoms with van der Waals surface area (Å²) in [4.78, 5) is 25.3. The Morgan fingerprint density at radius 2 is 2.03 bits per heavy atom. The van der Waals surface area contributed by atoms with E-state index in [1.54, 1.807) is 19.9 Å². The summed E-state index contributed by atoms with van der Waals surface area (Å²) in [5, 5.41) is 0. The van der Waals surface area contributed by atoms with Crippen LogP contribution in [0.25, 0.3) is 11.3 Å². The first-order valence-corrected chi connectivity index (χ1v) is 12.5. The number of piperidine rings is 1. The Hall–Kier alpha value is -3.00. The molecule has 1 aliphatic heterocycles. The molecule has 1 saturated heterocycles. The number of nitrogens with two attached hydrogens (primary N) is 1. The van der Waals surface area contributed by atoms with Gasteiger partial charge in [0.2, 0.25) is 5.91 Å². The number of aliphatic imine (C=N–C) groups is 1. The summed E-state index contributed by atoms with van der Waals surface area (Å²) in [5.74, 6) is 1.22. The average Bonchev–Trinajstić information content (AvgIpc) is 3.26. The van der Waals surface area contributed by atoms with Crippen LogP contribution in [0.4, 0.5) is 4.39 Å². The maximum atomic E-state index is 13.9. The molecule has 1 aromatic heterocycles. The fourth-order valence-corrected chi connectivity index (χ4v) is 4.81. The van der Waals surface area contributed by atoms with Crippen molar-refractivity contribution in [2.45, 2.75) is 66.0 Å². The summed E-state index contributed by atoms with van der Waals surface area (Å²) < 4.78 is 16.1. The summed E-state index contributed by atoms with van der Waals surface area (Å²) in [5.41, 5.74) is 8.32. The molecule has 7 nitrogen and oxygen atoms in total. The van der Waals surface area contributed by atoms with Crippen LogP contribution in [-0.2, 0) is 11.3 Å². The highest BCUT2D eigenvalue weighted by atomic mass is 19.1. The lowest BCUT2D eigenvalue weighted by atomic mass is 9.95. The van der Waals surface area contributed by atoms with Gasteiger partial charge in [0.25, 0.3) is 0 Å². The van der Waals surface area contributed by atoms with E-state index in [1.807, 2.05) is 6.07 Å². The smallest absolute Gasteiger partial charge is 0.248 e. The van der Waals surface area contributed by atoms with Crippen LogP contribution in [0.5, 0.6) is 0 Å². The molecule has 0 saturated carbocycles. The lowest BCUT2D eigenvalue weighted by Gasteiger charge is -2.34. The maximum absolute atomic E-state index is 13.9. The molecule has 1 aliphatic rings. The van der Waals surface area contributed by atoms with Gasteiger partial charge in [-0.1, -0.05) is 6.92 Å². The number of hydrogen-bond donors (Lipinski definition) is 1. The zero-order chi connectivity index (χ0) is 25.7. The summed E-state index contributed by atoms with van der Waals surface area (Å²) in [6, 6.07) is 5.64. The molecule has 0 spiro atoms. The number of rotatable bonds is 10. The van der Waals surface area contributed by atoms with Gasteiger partial charge in [0, 0.05) is 49.9 Å². The molecule has 2 heterocycles. The topological polar surface area (TPSA) is 79.7 Å². The number of likely N-dealkylation sites (N-methyl/N-ethyl adjacent to an activating group) is 1. The number of carbonyl (C=O) groups excluding carboxylic acids is 1. The fraction of sp³-hybridized carbons (Fsp3) is 0.519. The van der Waals surface area contributed by atoms with E-state index >= 15 is 0 Å². The van der Waals surface area contributed by atoms with Gasteiger partial charge in [0.15, 0.2) is 0 Å². The van der Waals surface area contributed by atoms with Gasteiger partial charge in [-0.2, -0.15) is 0 Å². The summed E-state index contributed by atoms with van der Waals surface area (Å²) >= 11 is 0. The van der Waals surface area contributed by atoms with Gasteiger partial charge in [0.1, 0.15) is 17.5 Å². The molecule has 1 fully saturated rings. The highest BCUT2D eigenvalue weighted by molar-refractivity contribution is 5.92. The second-order valence-corrected chi connectivity index (χ2v) is 9.60. The predicted molar refractivity (Wildman–Crippen MR) is 140 cm³/mol. The van der Waals surface area contributed by atoms with Crippen molar-refractivity contribution < 1.29 is 9.18 Å². The zero-order valence-electron chi connectivity index (χ0n) is 21.7. The number of imidazole rings is 1. The van der Waals surface area contributed by atoms with Crippen molar-refractivity contribution in [2.24, 2.45) is 10.7 Å². The lowest BCUT2D eigenvalue weighted by Crippen LogP contribution is -2.35. The van der Waals surface area contributed by atoms with Crippen LogP contribution in [-0.4, -0.2) is 64.2 Å². The molecule has 8 heteroatoms. The number of aryl methyl sites for hydroxylation is 1. The Labute approximate surface area is 208 Å². The Bertz CT molecular complexity index is 1080. The number of primary amides is 1. The number of amides is 1. The van der Waals surface area contributed by atoms with Crippen molar-refractivity contribution in [1.29, 1.82) is 0 Å². The number of benzene rings is 1. The molecule has 35 heavy (non-hydrogen) atoms. The van der Waals surface area contributed by atoms with Crippen LogP contribution in [0.1, 0.15) is 57.8 Å². The van der Waals surface area contributed by atoms with Gasteiger partial charge in [-0.25, -0.2) is 14.4 Å². The monoisotopic (exact) mass is 482 g/mol. The van der Waals surface area contributed by atoms with E-state index in [-0.39, 0.29) is 11.7 Å². The molecule has 1 amide bonds. The summed E-state index contributed by atoms with van der Waals surface area (Å²) in [7, 11) is 0. The minimum absolute atomic E-state index is 0.206. The molecule has 1 aromatic carbocycles. The Balaban J connectivity index is 1.87. The van der Waals surface area contributed by atoms with Crippen molar-refractivity contribution in [3.05, 3.63) is 53.0 Å². The summed E-state index contributed by atoms with van der Waals surface area (Å²) in [6.07, 6.45) is 3.87. The highest BCUT2D eigenvalue weighted by Crippen LogP contribution is 2.32. The number of nitrogens with zero attached hydrogens (tertiary/aromatic N) is 5. The van der Waals surface area contributed by atoms with Gasteiger partial charge in [0.05, 0.1) is 11.3 Å². The first-order valence-electron chi connectivity index (χ1n) is 12.5. The maximum Gasteiger partial charge on any atom is 0.248 e. The summed E-state index contributed by atoms with van der Waals surface area (Å²) in [6.45, 7) is 18.0. The van der Waals surface area contributed by atoms with Crippen LogP contribution >= 0.6 is 0 Å². The number of aromatic nitrogens is 2. The van der Waals surface area contributed by atoms with Crippen molar-refractivity contribution >= 4 is 12.6 Å². The van der Waals surface area contributed by atoms with E-state index in [4.69, 9.17) is 10.7 Å². The standard InChI is InChI=1S/C27H39FN6O/c1-7-32(18(2)3)14-15-34-17-24(22-8-9-23(28)19(4)16-22)31-27(34)21-10-12-33(13-11-21)26(30-6)20(5)25(29)35/h8-9,16-18,21H,6-7,10-15H2,1-5H3,(H2,29,35)/b26-20-. The van der Waals surface area contributed by atoms with E-state index in [1.165, 1.54) is 6.07 Å². The normalized spacial score (nSPS) is 15.6. The number of halogens is 1. The minimum Gasteiger partial charge on any atom is -0.366 e. The third-order valence-corrected chi connectivity index (χ3v) is 7.04. The average molecular weight is 483 g/mol. The van der Waals surface area contributed by atoms with Gasteiger partial charge >= 0.3 is 0 Å². The predicted octanol–water partition coefficient (Wildman–Crippen LogP) is 4.32. The van der Waals surface area contributed by atoms with Crippen molar-refractivity contribution in [2.75, 3.05) is 26.2 Å². The molecule has 3 rings (SSSR count). The Morgan fingerprint density at radius 1 is 1.34 bits per heavy atom. The van der Waals surface area contributed by atoms with Crippen LogP contribution in [0.15, 0.2) is 40.8 Å². The molecule has 0 atom stereocenters. The molecule has 2 N–H and O–H groups in total. The Morgan fingerprint density at radius 3 is 2.57 bits per heavy atom. The van der Waals surface area contributed by atoms with Crippen LogP contribution in [0.3, 0.4) is 0 Å². The molecule has 0 aliphatic carbocycles. The SMILES string of the molecule is C=N/C(=C(\C)C(N)=O)N1CCC(c2nc(-c3ccc(F)c(C)c3)cn2CCN(CC)C(C)C)CC1. The molecule has 0 bridgehead atoms. The quantitative estimate of drug-likeness (QED) is 0.404. The van der Waals surface area contributed by atoms with Gasteiger partial charge in [-0.15, -0.1) is 0 Å². The third-order valence-electron chi connectivity index (χ3n) is 7.04. The first kappa shape index (κ1) is 26.6. The molecule has 0 radical (unpaired) electrons. The molecular weight excluding hydrogens is 443 g/mol. The van der Waals surface area contributed by atoms with Gasteiger partial charge < -0.3 is 15.2 Å². The number of hydrogen-bond acceptors (Lipinski definition) is 5.